The highest BCUT2D eigenvalue weighted by Gasteiger charge is 2.27. The van der Waals surface area contributed by atoms with Crippen LogP contribution in [0.1, 0.15) is 25.3 Å². The minimum absolute atomic E-state index is 0.0237. The van der Waals surface area contributed by atoms with Crippen LogP contribution in [0.2, 0.25) is 5.02 Å². The van der Waals surface area contributed by atoms with Crippen LogP contribution in [-0.2, 0) is 11.2 Å². The molecule has 0 bridgehead atoms. The highest BCUT2D eigenvalue weighted by atomic mass is 35.5. The molecule has 1 aromatic carbocycles. The van der Waals surface area contributed by atoms with Crippen molar-refractivity contribution < 1.29 is 4.79 Å². The van der Waals surface area contributed by atoms with Gasteiger partial charge in [0.15, 0.2) is 0 Å². The summed E-state index contributed by atoms with van der Waals surface area (Å²) in [5, 5.41) is 3.88. The van der Waals surface area contributed by atoms with E-state index in [-0.39, 0.29) is 17.9 Å². The van der Waals surface area contributed by atoms with Gasteiger partial charge in [-0.1, -0.05) is 29.8 Å². The zero-order valence-corrected chi connectivity index (χ0v) is 15.1. The standard InChI is InChI=1S/C19H23ClN4O/c1-14(11-15-5-2-3-7-17(15)20)23-19(25)16-6-4-10-24(13-16)18-12-21-8-9-22-18/h2-3,5,7-9,12,14,16H,4,6,10-11,13H2,1H3,(H,23,25). The van der Waals surface area contributed by atoms with Gasteiger partial charge in [0.2, 0.25) is 5.91 Å². The highest BCUT2D eigenvalue weighted by Crippen LogP contribution is 2.21. The molecule has 1 aliphatic heterocycles. The van der Waals surface area contributed by atoms with Crippen LogP contribution in [-0.4, -0.2) is 35.0 Å². The van der Waals surface area contributed by atoms with E-state index in [4.69, 9.17) is 11.6 Å². The molecular weight excluding hydrogens is 336 g/mol. The third kappa shape index (κ3) is 4.69. The number of nitrogens with zero attached hydrogens (tertiary/aromatic N) is 3. The number of amides is 1. The fourth-order valence-electron chi connectivity index (χ4n) is 3.26. The summed E-state index contributed by atoms with van der Waals surface area (Å²) in [5.74, 6) is 0.918. The number of piperidine rings is 1. The molecule has 0 spiro atoms. The molecule has 1 fully saturated rings. The Balaban J connectivity index is 1.56. The van der Waals surface area contributed by atoms with Gasteiger partial charge in [0.05, 0.1) is 12.1 Å². The number of hydrogen-bond acceptors (Lipinski definition) is 4. The van der Waals surface area contributed by atoms with Crippen LogP contribution in [0.15, 0.2) is 42.9 Å². The predicted octanol–water partition coefficient (Wildman–Crippen LogP) is 3.09. The number of aromatic nitrogens is 2. The molecule has 3 rings (SSSR count). The first kappa shape index (κ1) is 17.7. The van der Waals surface area contributed by atoms with Gasteiger partial charge < -0.3 is 10.2 Å². The van der Waals surface area contributed by atoms with Crippen LogP contribution < -0.4 is 10.2 Å². The quantitative estimate of drug-likeness (QED) is 0.892. The fourth-order valence-corrected chi connectivity index (χ4v) is 3.47. The van der Waals surface area contributed by atoms with E-state index in [2.05, 4.69) is 20.2 Å². The van der Waals surface area contributed by atoms with Crippen molar-refractivity contribution in [2.45, 2.75) is 32.2 Å². The molecule has 2 aromatic rings. The molecule has 1 aliphatic rings. The lowest BCUT2D eigenvalue weighted by Gasteiger charge is -2.33. The SMILES string of the molecule is CC(Cc1ccccc1Cl)NC(=O)C1CCCN(c2cnccn2)C1. The number of hydrogen-bond donors (Lipinski definition) is 1. The van der Waals surface area contributed by atoms with Gasteiger partial charge in [-0.25, -0.2) is 4.98 Å². The summed E-state index contributed by atoms with van der Waals surface area (Å²) in [7, 11) is 0. The number of carbonyl (C=O) groups excluding carboxylic acids is 1. The molecule has 1 amide bonds. The molecule has 2 atom stereocenters. The van der Waals surface area contributed by atoms with Crippen molar-refractivity contribution in [2.75, 3.05) is 18.0 Å². The Morgan fingerprint density at radius 1 is 1.40 bits per heavy atom. The van der Waals surface area contributed by atoms with E-state index in [0.717, 1.165) is 42.2 Å². The van der Waals surface area contributed by atoms with Crippen molar-refractivity contribution in [3.8, 4) is 0 Å². The van der Waals surface area contributed by atoms with Crippen molar-refractivity contribution in [3.63, 3.8) is 0 Å². The van der Waals surface area contributed by atoms with Crippen molar-refractivity contribution in [1.29, 1.82) is 0 Å². The molecule has 25 heavy (non-hydrogen) atoms. The Hall–Kier alpha value is -2.14. The smallest absolute Gasteiger partial charge is 0.225 e. The zero-order chi connectivity index (χ0) is 17.6. The molecule has 2 unspecified atom stereocenters. The van der Waals surface area contributed by atoms with Gasteiger partial charge in [0.25, 0.3) is 0 Å². The van der Waals surface area contributed by atoms with E-state index in [9.17, 15) is 4.79 Å². The molecule has 1 aromatic heterocycles. The maximum Gasteiger partial charge on any atom is 0.225 e. The monoisotopic (exact) mass is 358 g/mol. The highest BCUT2D eigenvalue weighted by molar-refractivity contribution is 6.31. The van der Waals surface area contributed by atoms with Crippen LogP contribution in [0.3, 0.4) is 0 Å². The second kappa shape index (κ2) is 8.30. The number of carbonyl (C=O) groups is 1. The lowest BCUT2D eigenvalue weighted by Crippen LogP contribution is -2.46. The molecule has 1 saturated heterocycles. The van der Waals surface area contributed by atoms with Gasteiger partial charge in [-0.2, -0.15) is 0 Å². The first-order chi connectivity index (χ1) is 12.1. The predicted molar refractivity (Wildman–Crippen MR) is 99.7 cm³/mol. The summed E-state index contributed by atoms with van der Waals surface area (Å²) in [5.41, 5.74) is 1.06. The summed E-state index contributed by atoms with van der Waals surface area (Å²) in [4.78, 5) is 23.2. The summed E-state index contributed by atoms with van der Waals surface area (Å²) in [6.07, 6.45) is 7.71. The van der Waals surface area contributed by atoms with Gasteiger partial charge in [-0.15, -0.1) is 0 Å². The summed E-state index contributed by atoms with van der Waals surface area (Å²) < 4.78 is 0. The molecule has 0 aliphatic carbocycles. The fraction of sp³-hybridized carbons (Fsp3) is 0.421. The average molecular weight is 359 g/mol. The molecule has 1 N–H and O–H groups in total. The van der Waals surface area contributed by atoms with Crippen LogP contribution in [0, 0.1) is 5.92 Å². The zero-order valence-electron chi connectivity index (χ0n) is 14.4. The van der Waals surface area contributed by atoms with Gasteiger partial charge in [-0.05, 0) is 37.8 Å². The Morgan fingerprint density at radius 3 is 3.00 bits per heavy atom. The first-order valence-electron chi connectivity index (χ1n) is 8.68. The maximum atomic E-state index is 12.7. The number of anilines is 1. The van der Waals surface area contributed by atoms with Gasteiger partial charge in [0, 0.05) is 36.5 Å². The third-order valence-corrected chi connectivity index (χ3v) is 4.91. The largest absolute Gasteiger partial charge is 0.355 e. The summed E-state index contributed by atoms with van der Waals surface area (Å²) >= 11 is 6.21. The molecule has 0 saturated carbocycles. The normalized spacial score (nSPS) is 18.6. The maximum absolute atomic E-state index is 12.7. The van der Waals surface area contributed by atoms with Gasteiger partial charge in [-0.3, -0.25) is 9.78 Å². The van der Waals surface area contributed by atoms with E-state index in [1.54, 1.807) is 18.6 Å². The minimum Gasteiger partial charge on any atom is -0.355 e. The van der Waals surface area contributed by atoms with Crippen LogP contribution in [0.25, 0.3) is 0 Å². The summed E-state index contributed by atoms with van der Waals surface area (Å²) in [6.45, 7) is 3.62. The molecular formula is C19H23ClN4O. The number of nitrogens with one attached hydrogen (secondary N) is 1. The van der Waals surface area contributed by atoms with E-state index in [1.165, 1.54) is 0 Å². The van der Waals surface area contributed by atoms with Crippen LogP contribution >= 0.6 is 11.6 Å². The number of benzene rings is 1. The van der Waals surface area contributed by atoms with E-state index in [0.29, 0.717) is 6.54 Å². The lowest BCUT2D eigenvalue weighted by molar-refractivity contribution is -0.125. The van der Waals surface area contributed by atoms with E-state index >= 15 is 0 Å². The minimum atomic E-state index is -0.0237. The lowest BCUT2D eigenvalue weighted by atomic mass is 9.96. The topological polar surface area (TPSA) is 58.1 Å². The Kier molecular flexibility index (Phi) is 5.87. The van der Waals surface area contributed by atoms with Gasteiger partial charge >= 0.3 is 0 Å². The van der Waals surface area contributed by atoms with Crippen LogP contribution in [0.4, 0.5) is 5.82 Å². The second-order valence-corrected chi connectivity index (χ2v) is 6.96. The van der Waals surface area contributed by atoms with Crippen molar-refractivity contribution in [1.82, 2.24) is 15.3 Å². The molecule has 0 radical (unpaired) electrons. The van der Waals surface area contributed by atoms with Gasteiger partial charge in [0.1, 0.15) is 5.82 Å². The second-order valence-electron chi connectivity index (χ2n) is 6.55. The average Bonchev–Trinajstić information content (AvgIpc) is 2.64. The Labute approximate surface area is 153 Å². The van der Waals surface area contributed by atoms with Crippen molar-refractivity contribution in [2.24, 2.45) is 5.92 Å². The number of rotatable bonds is 5. The van der Waals surface area contributed by atoms with Crippen molar-refractivity contribution in [3.05, 3.63) is 53.4 Å². The molecule has 6 heteroatoms. The Bertz CT molecular complexity index is 710. The Morgan fingerprint density at radius 2 is 2.24 bits per heavy atom. The molecule has 5 nitrogen and oxygen atoms in total. The van der Waals surface area contributed by atoms with Crippen LogP contribution in [0.5, 0.6) is 0 Å². The summed E-state index contributed by atoms with van der Waals surface area (Å²) in [6, 6.07) is 7.81. The van der Waals surface area contributed by atoms with E-state index in [1.807, 2.05) is 31.2 Å². The van der Waals surface area contributed by atoms with E-state index < -0.39 is 0 Å². The first-order valence-corrected chi connectivity index (χ1v) is 9.06. The third-order valence-electron chi connectivity index (χ3n) is 4.54. The number of halogens is 1. The molecule has 132 valence electrons. The molecule has 2 heterocycles. The van der Waals surface area contributed by atoms with Crippen molar-refractivity contribution >= 4 is 23.3 Å².